The van der Waals surface area contributed by atoms with E-state index in [1.807, 2.05) is 0 Å². The van der Waals surface area contributed by atoms with Crippen LogP contribution in [-0.4, -0.2) is 23.5 Å². The molecule has 0 spiro atoms. The molecular weight excluding hydrogens is 218 g/mol. The highest BCUT2D eigenvalue weighted by Crippen LogP contribution is 2.30. The predicted octanol–water partition coefficient (Wildman–Crippen LogP) is 2.18. The van der Waals surface area contributed by atoms with Crippen LogP contribution in [0.15, 0.2) is 0 Å². The van der Waals surface area contributed by atoms with Gasteiger partial charge >= 0.3 is 5.97 Å². The third-order valence-electron chi connectivity index (χ3n) is 3.66. The molecule has 0 bridgehead atoms. The smallest absolute Gasteiger partial charge is 0.303 e. The maximum atomic E-state index is 11.8. The molecule has 0 aromatic carbocycles. The van der Waals surface area contributed by atoms with E-state index in [-0.39, 0.29) is 18.2 Å². The Morgan fingerprint density at radius 2 is 1.88 bits per heavy atom. The maximum Gasteiger partial charge on any atom is 0.303 e. The Balaban J connectivity index is 2.14. The van der Waals surface area contributed by atoms with Gasteiger partial charge in [0.05, 0.1) is 0 Å². The third kappa shape index (κ3) is 5.20. The van der Waals surface area contributed by atoms with Crippen LogP contribution in [0.3, 0.4) is 0 Å². The second kappa shape index (κ2) is 7.30. The molecular formula is C13H23NO3. The van der Waals surface area contributed by atoms with E-state index >= 15 is 0 Å². The fraction of sp³-hybridized carbons (Fsp3) is 0.846. The zero-order valence-electron chi connectivity index (χ0n) is 10.6. The molecule has 4 nitrogen and oxygen atoms in total. The first-order valence-electron chi connectivity index (χ1n) is 6.63. The standard InChI is InChI=1S/C13H23NO3/c1-2-10-5-7-11(8-6-10)13(17)14-9-3-4-12(15)16/h10-11H,2-9H2,1H3,(H,14,17)(H,15,16). The second-order valence-electron chi connectivity index (χ2n) is 4.91. The highest BCUT2D eigenvalue weighted by atomic mass is 16.4. The Morgan fingerprint density at radius 1 is 1.24 bits per heavy atom. The second-order valence-corrected chi connectivity index (χ2v) is 4.91. The van der Waals surface area contributed by atoms with E-state index in [0.717, 1.165) is 31.6 Å². The van der Waals surface area contributed by atoms with Gasteiger partial charge in [0, 0.05) is 18.9 Å². The molecule has 98 valence electrons. The average Bonchev–Trinajstić information content (AvgIpc) is 2.34. The lowest BCUT2D eigenvalue weighted by molar-refractivity contribution is -0.137. The first-order valence-corrected chi connectivity index (χ1v) is 6.63. The van der Waals surface area contributed by atoms with Crippen molar-refractivity contribution in [2.24, 2.45) is 11.8 Å². The van der Waals surface area contributed by atoms with Gasteiger partial charge in [-0.1, -0.05) is 13.3 Å². The highest BCUT2D eigenvalue weighted by molar-refractivity contribution is 5.78. The largest absolute Gasteiger partial charge is 0.481 e. The van der Waals surface area contributed by atoms with Gasteiger partial charge in [-0.25, -0.2) is 0 Å². The van der Waals surface area contributed by atoms with Crippen molar-refractivity contribution in [3.63, 3.8) is 0 Å². The molecule has 1 amide bonds. The molecule has 1 rings (SSSR count). The molecule has 0 heterocycles. The minimum atomic E-state index is -0.803. The van der Waals surface area contributed by atoms with Crippen LogP contribution in [0, 0.1) is 11.8 Å². The van der Waals surface area contributed by atoms with Crippen LogP contribution < -0.4 is 5.32 Å². The lowest BCUT2D eigenvalue weighted by Crippen LogP contribution is -2.33. The summed E-state index contributed by atoms with van der Waals surface area (Å²) in [6, 6.07) is 0. The molecule has 0 unspecified atom stereocenters. The van der Waals surface area contributed by atoms with Gasteiger partial charge in [-0.2, -0.15) is 0 Å². The Morgan fingerprint density at radius 3 is 2.41 bits per heavy atom. The van der Waals surface area contributed by atoms with E-state index in [0.29, 0.717) is 13.0 Å². The van der Waals surface area contributed by atoms with Gasteiger partial charge in [0.1, 0.15) is 0 Å². The lowest BCUT2D eigenvalue weighted by atomic mass is 9.80. The van der Waals surface area contributed by atoms with Gasteiger partial charge in [-0.3, -0.25) is 9.59 Å². The number of amides is 1. The zero-order chi connectivity index (χ0) is 12.7. The van der Waals surface area contributed by atoms with Crippen molar-refractivity contribution in [2.75, 3.05) is 6.54 Å². The van der Waals surface area contributed by atoms with Gasteiger partial charge in [-0.05, 0) is 38.0 Å². The van der Waals surface area contributed by atoms with Crippen LogP contribution in [0.5, 0.6) is 0 Å². The van der Waals surface area contributed by atoms with E-state index < -0.39 is 5.97 Å². The highest BCUT2D eigenvalue weighted by Gasteiger charge is 2.24. The van der Waals surface area contributed by atoms with Crippen molar-refractivity contribution in [1.82, 2.24) is 5.32 Å². The molecule has 4 heteroatoms. The Hall–Kier alpha value is -1.06. The van der Waals surface area contributed by atoms with E-state index in [4.69, 9.17) is 5.11 Å². The number of rotatable bonds is 6. The molecule has 0 aromatic rings. The number of carboxylic acid groups (broad SMARTS) is 1. The van der Waals surface area contributed by atoms with Crippen molar-refractivity contribution in [1.29, 1.82) is 0 Å². The van der Waals surface area contributed by atoms with Crippen LogP contribution in [0.1, 0.15) is 51.9 Å². The first kappa shape index (κ1) is 14.0. The van der Waals surface area contributed by atoms with Crippen molar-refractivity contribution in [2.45, 2.75) is 51.9 Å². The summed E-state index contributed by atoms with van der Waals surface area (Å²) in [5, 5.41) is 11.3. The summed E-state index contributed by atoms with van der Waals surface area (Å²) in [6.45, 7) is 2.69. The summed E-state index contributed by atoms with van der Waals surface area (Å²) in [6.07, 6.45) is 6.15. The molecule has 2 N–H and O–H groups in total. The Labute approximate surface area is 103 Å². The van der Waals surface area contributed by atoms with E-state index in [1.54, 1.807) is 0 Å². The molecule has 0 aromatic heterocycles. The van der Waals surface area contributed by atoms with Crippen LogP contribution in [0.4, 0.5) is 0 Å². The fourth-order valence-corrected chi connectivity index (χ4v) is 2.43. The number of carbonyl (C=O) groups excluding carboxylic acids is 1. The monoisotopic (exact) mass is 241 g/mol. The quantitative estimate of drug-likeness (QED) is 0.700. The molecule has 0 radical (unpaired) electrons. The van der Waals surface area contributed by atoms with Crippen LogP contribution in [0.25, 0.3) is 0 Å². The molecule has 1 aliphatic rings. The van der Waals surface area contributed by atoms with Gasteiger partial charge in [0.2, 0.25) is 5.91 Å². The Bertz CT molecular complexity index is 257. The zero-order valence-corrected chi connectivity index (χ0v) is 10.6. The van der Waals surface area contributed by atoms with Gasteiger partial charge < -0.3 is 10.4 Å². The summed E-state index contributed by atoms with van der Waals surface area (Å²) in [7, 11) is 0. The molecule has 0 saturated heterocycles. The summed E-state index contributed by atoms with van der Waals surface area (Å²) >= 11 is 0. The Kier molecular flexibility index (Phi) is 6.01. The predicted molar refractivity (Wildman–Crippen MR) is 65.6 cm³/mol. The van der Waals surface area contributed by atoms with Crippen molar-refractivity contribution < 1.29 is 14.7 Å². The fourth-order valence-electron chi connectivity index (χ4n) is 2.43. The van der Waals surface area contributed by atoms with E-state index in [1.165, 1.54) is 6.42 Å². The summed E-state index contributed by atoms with van der Waals surface area (Å²) < 4.78 is 0. The SMILES string of the molecule is CCC1CCC(C(=O)NCCCC(=O)O)CC1. The van der Waals surface area contributed by atoms with Crippen molar-refractivity contribution in [3.8, 4) is 0 Å². The van der Waals surface area contributed by atoms with Gasteiger partial charge in [0.25, 0.3) is 0 Å². The topological polar surface area (TPSA) is 66.4 Å². The minimum absolute atomic E-state index is 0.116. The lowest BCUT2D eigenvalue weighted by Gasteiger charge is -2.26. The van der Waals surface area contributed by atoms with Crippen LogP contribution in [0.2, 0.25) is 0 Å². The number of aliphatic carboxylic acids is 1. The number of carbonyl (C=O) groups is 2. The number of hydrogen-bond acceptors (Lipinski definition) is 2. The molecule has 1 saturated carbocycles. The van der Waals surface area contributed by atoms with E-state index in [9.17, 15) is 9.59 Å². The maximum absolute atomic E-state index is 11.8. The molecule has 0 aliphatic heterocycles. The van der Waals surface area contributed by atoms with Crippen LogP contribution in [-0.2, 0) is 9.59 Å². The molecule has 17 heavy (non-hydrogen) atoms. The summed E-state index contributed by atoms with van der Waals surface area (Å²) in [5.41, 5.74) is 0. The molecule has 0 atom stereocenters. The average molecular weight is 241 g/mol. The molecule has 1 aliphatic carbocycles. The van der Waals surface area contributed by atoms with Gasteiger partial charge in [-0.15, -0.1) is 0 Å². The molecule has 1 fully saturated rings. The minimum Gasteiger partial charge on any atom is -0.481 e. The van der Waals surface area contributed by atoms with E-state index in [2.05, 4.69) is 12.2 Å². The normalized spacial score (nSPS) is 24.3. The number of nitrogens with one attached hydrogen (secondary N) is 1. The van der Waals surface area contributed by atoms with Crippen molar-refractivity contribution >= 4 is 11.9 Å². The summed E-state index contributed by atoms with van der Waals surface area (Å²) in [4.78, 5) is 22.1. The first-order chi connectivity index (χ1) is 8.13. The van der Waals surface area contributed by atoms with Crippen LogP contribution >= 0.6 is 0 Å². The number of carboxylic acids is 1. The summed E-state index contributed by atoms with van der Waals surface area (Å²) in [5.74, 6) is 0.265. The van der Waals surface area contributed by atoms with Crippen molar-refractivity contribution in [3.05, 3.63) is 0 Å². The number of hydrogen-bond donors (Lipinski definition) is 2. The van der Waals surface area contributed by atoms with Gasteiger partial charge in [0.15, 0.2) is 0 Å². The third-order valence-corrected chi connectivity index (χ3v) is 3.66.